The molecule has 2 fully saturated rings. The molecule has 0 unspecified atom stereocenters. The lowest BCUT2D eigenvalue weighted by atomic mass is 10.0. The second-order valence-corrected chi connectivity index (χ2v) is 12.4. The predicted octanol–water partition coefficient (Wildman–Crippen LogP) is 0.373. The summed E-state index contributed by atoms with van der Waals surface area (Å²) in [5, 5.41) is 24.2. The molecule has 0 radical (unpaired) electrons. The first-order chi connectivity index (χ1) is 23.7. The van der Waals surface area contributed by atoms with Crippen LogP contribution in [0.2, 0.25) is 0 Å². The number of para-hydroxylation sites is 1. The summed E-state index contributed by atoms with van der Waals surface area (Å²) in [4.78, 5) is 74.8. The third-order valence-electron chi connectivity index (χ3n) is 9.02. The van der Waals surface area contributed by atoms with Gasteiger partial charge in [0.25, 0.3) is 5.91 Å². The van der Waals surface area contributed by atoms with Gasteiger partial charge in [0, 0.05) is 68.7 Å². The molecule has 0 bridgehead atoms. The fourth-order valence-corrected chi connectivity index (χ4v) is 6.49. The Bertz CT molecular complexity index is 1840. The number of aryl methyl sites for hydroxylation is 1. The summed E-state index contributed by atoms with van der Waals surface area (Å²) in [5.41, 5.74) is 2.70. The van der Waals surface area contributed by atoms with E-state index in [4.69, 9.17) is 0 Å². The highest BCUT2D eigenvalue weighted by Crippen LogP contribution is 2.24. The maximum Gasteiger partial charge on any atom is 0.257 e. The quantitative estimate of drug-likeness (QED) is 0.197. The van der Waals surface area contributed by atoms with Crippen molar-refractivity contribution in [3.63, 3.8) is 0 Å². The molecule has 5 amide bonds. The lowest BCUT2D eigenvalue weighted by Crippen LogP contribution is -2.57. The molecule has 2 saturated heterocycles. The van der Waals surface area contributed by atoms with E-state index in [0.717, 1.165) is 22.0 Å². The minimum atomic E-state index is -1.13. The first-order valence-corrected chi connectivity index (χ1v) is 16.5. The van der Waals surface area contributed by atoms with Crippen LogP contribution in [0.1, 0.15) is 34.8 Å². The number of carbonyl (C=O) groups excluding carboxylic acids is 5. The first-order valence-electron chi connectivity index (χ1n) is 16.5. The number of H-pyrrole nitrogens is 1. The van der Waals surface area contributed by atoms with Crippen LogP contribution < -0.4 is 16.0 Å². The zero-order chi connectivity index (χ0) is 34.5. The van der Waals surface area contributed by atoms with Crippen LogP contribution in [0, 0.1) is 0 Å². The molecule has 0 saturated carbocycles. The highest BCUT2D eigenvalue weighted by Gasteiger charge is 2.43. The van der Waals surface area contributed by atoms with Gasteiger partial charge >= 0.3 is 0 Å². The number of amides is 5. The Labute approximate surface area is 282 Å². The largest absolute Gasteiger partial charge is 0.391 e. The third kappa shape index (κ3) is 7.64. The van der Waals surface area contributed by atoms with E-state index < -0.39 is 60.3 Å². The molecular formula is C35H40N8O6. The molecular weight excluding hydrogens is 628 g/mol. The van der Waals surface area contributed by atoms with E-state index >= 15 is 0 Å². The van der Waals surface area contributed by atoms with Crippen LogP contribution in [0.3, 0.4) is 0 Å². The molecule has 2 aliphatic heterocycles. The smallest absolute Gasteiger partial charge is 0.257 e. The number of nitrogens with one attached hydrogen (secondary N) is 4. The van der Waals surface area contributed by atoms with Gasteiger partial charge in [0.15, 0.2) is 0 Å². The highest BCUT2D eigenvalue weighted by atomic mass is 16.3. The van der Waals surface area contributed by atoms with Crippen molar-refractivity contribution in [2.75, 3.05) is 26.2 Å². The summed E-state index contributed by atoms with van der Waals surface area (Å²) < 4.78 is 1.59. The van der Waals surface area contributed by atoms with Crippen molar-refractivity contribution >= 4 is 40.4 Å². The number of hydrogen-bond donors (Lipinski definition) is 5. The minimum Gasteiger partial charge on any atom is -0.391 e. The lowest BCUT2D eigenvalue weighted by Gasteiger charge is -2.30. The van der Waals surface area contributed by atoms with Crippen LogP contribution in [0.25, 0.3) is 10.9 Å². The highest BCUT2D eigenvalue weighted by molar-refractivity contribution is 5.98. The number of nitrogens with zero attached hydrogens (tertiary/aromatic N) is 4. The second-order valence-electron chi connectivity index (χ2n) is 12.4. The summed E-state index contributed by atoms with van der Waals surface area (Å²) in [6, 6.07) is 13.5. The molecule has 49 heavy (non-hydrogen) atoms. The molecule has 256 valence electrons. The van der Waals surface area contributed by atoms with E-state index in [1.165, 1.54) is 16.0 Å². The van der Waals surface area contributed by atoms with Gasteiger partial charge in [-0.3, -0.25) is 28.7 Å². The summed E-state index contributed by atoms with van der Waals surface area (Å²) in [5.74, 6) is -2.70. The van der Waals surface area contributed by atoms with Gasteiger partial charge in [-0.2, -0.15) is 5.10 Å². The van der Waals surface area contributed by atoms with Crippen molar-refractivity contribution in [3.05, 3.63) is 89.9 Å². The van der Waals surface area contributed by atoms with Crippen molar-refractivity contribution in [2.45, 2.75) is 57.0 Å². The van der Waals surface area contributed by atoms with Gasteiger partial charge in [-0.05, 0) is 24.1 Å². The summed E-state index contributed by atoms with van der Waals surface area (Å²) in [6.45, 7) is 1.87. The van der Waals surface area contributed by atoms with Crippen LogP contribution in [-0.4, -0.2) is 110 Å². The number of benzene rings is 2. The van der Waals surface area contributed by atoms with Crippen LogP contribution >= 0.6 is 0 Å². The maximum absolute atomic E-state index is 14.3. The molecule has 5 N–H and O–H groups in total. The Balaban J connectivity index is 1.34. The topological polar surface area (TPSA) is 182 Å². The van der Waals surface area contributed by atoms with Gasteiger partial charge < -0.3 is 35.8 Å². The second kappa shape index (κ2) is 14.7. The molecule has 14 nitrogen and oxygen atoms in total. The number of aliphatic hydroxyl groups excluding tert-OH is 1. The normalized spacial score (nSPS) is 22.6. The Morgan fingerprint density at radius 2 is 1.73 bits per heavy atom. The van der Waals surface area contributed by atoms with Crippen molar-refractivity contribution in [2.24, 2.45) is 0 Å². The van der Waals surface area contributed by atoms with Gasteiger partial charge in [-0.25, -0.2) is 0 Å². The van der Waals surface area contributed by atoms with Crippen LogP contribution in [0.5, 0.6) is 0 Å². The SMILES string of the molecule is CCn1cc(C(=O)N2CCNC(=O)[C@H](Cc3ccccc3)NC(=O)[C@@H]3C[C@@H](O)CN3C(=O)[C@@H](Cc3c[nH]c4ccccc34)NC(=O)C2)cn1. The molecule has 2 aromatic carbocycles. The van der Waals surface area contributed by atoms with E-state index in [9.17, 15) is 29.1 Å². The molecule has 4 heterocycles. The van der Waals surface area contributed by atoms with E-state index in [1.54, 1.807) is 17.1 Å². The number of fused-ring (bicyclic) bond motifs is 2. The predicted molar refractivity (Wildman–Crippen MR) is 179 cm³/mol. The Kier molecular flexibility index (Phi) is 10.0. The van der Waals surface area contributed by atoms with E-state index in [-0.39, 0.29) is 44.5 Å². The molecule has 0 spiro atoms. The molecule has 4 atom stereocenters. The zero-order valence-electron chi connectivity index (χ0n) is 27.2. The van der Waals surface area contributed by atoms with Crippen molar-refractivity contribution in [3.8, 4) is 0 Å². The summed E-state index contributed by atoms with van der Waals surface area (Å²) in [7, 11) is 0. The number of aromatic amines is 1. The van der Waals surface area contributed by atoms with Gasteiger partial charge in [-0.15, -0.1) is 0 Å². The molecule has 2 aromatic heterocycles. The fraction of sp³-hybridized carbons (Fsp3) is 0.371. The van der Waals surface area contributed by atoms with Gasteiger partial charge in [0.1, 0.15) is 18.1 Å². The number of hydrogen-bond acceptors (Lipinski definition) is 7. The lowest BCUT2D eigenvalue weighted by molar-refractivity contribution is -0.142. The standard InChI is InChI=1S/C35H40N8O6/c1-2-42-19-24(18-38-42)34(48)41-13-12-36-32(46)28(14-22-8-4-3-5-9-22)40-33(47)30-16-25(44)20-43(30)35(49)29(39-31(45)21-41)15-23-17-37-27-11-7-6-10-26(23)27/h3-11,17-19,25,28-30,37,44H,2,12-16,20-21H2,1H3,(H,36,46)(H,39,45)(H,40,47)/t25-,28+,29-,30+/m1/s1. The Morgan fingerprint density at radius 1 is 0.959 bits per heavy atom. The average Bonchev–Trinajstić information content (AvgIpc) is 3.85. The number of aliphatic hydroxyl groups is 1. The summed E-state index contributed by atoms with van der Waals surface area (Å²) >= 11 is 0. The Morgan fingerprint density at radius 3 is 2.51 bits per heavy atom. The molecule has 2 aliphatic rings. The zero-order valence-corrected chi connectivity index (χ0v) is 27.2. The fourth-order valence-electron chi connectivity index (χ4n) is 6.49. The third-order valence-corrected chi connectivity index (χ3v) is 9.02. The first kappa shape index (κ1) is 33.4. The van der Waals surface area contributed by atoms with Crippen LogP contribution in [0.15, 0.2) is 73.2 Å². The van der Waals surface area contributed by atoms with Gasteiger partial charge in [0.05, 0.1) is 24.4 Å². The van der Waals surface area contributed by atoms with Gasteiger partial charge in [0.2, 0.25) is 23.6 Å². The number of rotatable bonds is 6. The molecule has 6 rings (SSSR count). The van der Waals surface area contributed by atoms with Gasteiger partial charge in [-0.1, -0.05) is 48.5 Å². The van der Waals surface area contributed by atoms with E-state index in [2.05, 4.69) is 26.0 Å². The number of aromatic nitrogens is 3. The molecule has 4 aromatic rings. The Hall–Kier alpha value is -5.50. The van der Waals surface area contributed by atoms with E-state index in [1.807, 2.05) is 61.5 Å². The van der Waals surface area contributed by atoms with E-state index in [0.29, 0.717) is 6.54 Å². The maximum atomic E-state index is 14.3. The average molecular weight is 669 g/mol. The number of carbonyl (C=O) groups is 5. The van der Waals surface area contributed by atoms with Crippen molar-refractivity contribution in [1.82, 2.24) is 40.5 Å². The summed E-state index contributed by atoms with van der Waals surface area (Å²) in [6.07, 6.45) is 4.02. The molecule has 0 aliphatic carbocycles. The van der Waals surface area contributed by atoms with Crippen LogP contribution in [0.4, 0.5) is 0 Å². The minimum absolute atomic E-state index is 0.00705. The van der Waals surface area contributed by atoms with Crippen LogP contribution in [-0.2, 0) is 38.6 Å². The van der Waals surface area contributed by atoms with Crippen molar-refractivity contribution in [1.29, 1.82) is 0 Å². The monoisotopic (exact) mass is 668 g/mol. The molecule has 14 heteroatoms. The van der Waals surface area contributed by atoms with Crippen molar-refractivity contribution < 1.29 is 29.1 Å².